The molecule has 1 aliphatic heterocycles. The zero-order valence-electron chi connectivity index (χ0n) is 14.0. The van der Waals surface area contributed by atoms with Crippen LogP contribution in [-0.2, 0) is 26.3 Å². The minimum Gasteiger partial charge on any atom is -0.396 e. The second-order valence-electron chi connectivity index (χ2n) is 6.29. The lowest BCUT2D eigenvalue weighted by Crippen LogP contribution is -2.12. The summed E-state index contributed by atoms with van der Waals surface area (Å²) >= 11 is 0. The Hall–Kier alpha value is -2.69. The van der Waals surface area contributed by atoms with E-state index in [1.54, 1.807) is 24.3 Å². The summed E-state index contributed by atoms with van der Waals surface area (Å²) < 4.78 is 47.7. The highest BCUT2D eigenvalue weighted by Gasteiger charge is 2.29. The number of sulfonamides is 1. The molecule has 0 amide bonds. The van der Waals surface area contributed by atoms with Gasteiger partial charge >= 0.3 is 0 Å². The van der Waals surface area contributed by atoms with Crippen LogP contribution in [0.1, 0.15) is 5.56 Å². The lowest BCUT2D eigenvalue weighted by Gasteiger charge is -2.15. The molecule has 27 heavy (non-hydrogen) atoms. The van der Waals surface area contributed by atoms with Crippen LogP contribution in [-0.4, -0.2) is 27.6 Å². The van der Waals surface area contributed by atoms with E-state index in [9.17, 15) is 16.8 Å². The van der Waals surface area contributed by atoms with Crippen molar-refractivity contribution in [3.05, 3.63) is 48.2 Å². The normalized spacial score (nSPS) is 15.6. The molecule has 0 saturated carbocycles. The molecule has 1 aliphatic rings. The maximum absolute atomic E-state index is 12.3. The zero-order chi connectivity index (χ0) is 19.4. The number of anilines is 3. The summed E-state index contributed by atoms with van der Waals surface area (Å²) in [6.07, 6.45) is 1.84. The van der Waals surface area contributed by atoms with Crippen LogP contribution in [0.4, 0.5) is 17.1 Å². The van der Waals surface area contributed by atoms with E-state index < -0.39 is 19.9 Å². The molecular formula is C17H16N4O4S2. The Balaban J connectivity index is 1.93. The molecule has 5 N–H and O–H groups in total. The second-order valence-corrected chi connectivity index (χ2v) is 9.93. The fourth-order valence-corrected chi connectivity index (χ4v) is 5.37. The summed E-state index contributed by atoms with van der Waals surface area (Å²) in [6.45, 7) is 0. The number of aromatic nitrogens is 1. The molecule has 10 heteroatoms. The van der Waals surface area contributed by atoms with E-state index in [-0.39, 0.29) is 15.5 Å². The van der Waals surface area contributed by atoms with Crippen LogP contribution in [0.3, 0.4) is 0 Å². The molecule has 0 spiro atoms. The quantitative estimate of drug-likeness (QED) is 0.600. The van der Waals surface area contributed by atoms with Crippen LogP contribution in [0, 0.1) is 0 Å². The van der Waals surface area contributed by atoms with E-state index in [1.807, 2.05) is 0 Å². The number of rotatable bonds is 3. The van der Waals surface area contributed by atoms with E-state index in [2.05, 4.69) is 10.3 Å². The Bertz CT molecular complexity index is 1300. The summed E-state index contributed by atoms with van der Waals surface area (Å²) in [5.41, 5.74) is 8.63. The molecule has 140 valence electrons. The number of nitrogen functional groups attached to an aromatic ring is 1. The Labute approximate surface area is 156 Å². The highest BCUT2D eigenvalue weighted by molar-refractivity contribution is 7.91. The number of nitrogens with two attached hydrogens (primary N) is 2. The van der Waals surface area contributed by atoms with E-state index in [0.29, 0.717) is 39.9 Å². The number of hydrogen-bond donors (Lipinski definition) is 3. The smallest absolute Gasteiger partial charge is 0.238 e. The Morgan fingerprint density at radius 1 is 1.15 bits per heavy atom. The number of sulfone groups is 1. The maximum atomic E-state index is 12.3. The SMILES string of the molecule is Nc1cnc2ccc3c(c2c1Nc1cccc(S(N)(=O)=O)c1)CCS3(=O)=O. The molecule has 2 aromatic carbocycles. The number of aryl methyl sites for hydroxylation is 1. The number of benzene rings is 2. The van der Waals surface area contributed by atoms with Crippen molar-refractivity contribution < 1.29 is 16.8 Å². The van der Waals surface area contributed by atoms with Crippen molar-refractivity contribution in [1.29, 1.82) is 0 Å². The van der Waals surface area contributed by atoms with Gasteiger partial charge in [0, 0.05) is 11.1 Å². The molecule has 0 atom stereocenters. The van der Waals surface area contributed by atoms with E-state index in [1.165, 1.54) is 18.3 Å². The van der Waals surface area contributed by atoms with Crippen molar-refractivity contribution >= 4 is 47.8 Å². The van der Waals surface area contributed by atoms with Crippen LogP contribution in [0.2, 0.25) is 0 Å². The molecule has 3 aromatic rings. The fraction of sp³-hybridized carbons (Fsp3) is 0.118. The van der Waals surface area contributed by atoms with Gasteiger partial charge in [0.05, 0.1) is 38.6 Å². The average Bonchev–Trinajstić information content (AvgIpc) is 2.92. The lowest BCUT2D eigenvalue weighted by atomic mass is 10.0. The Kier molecular flexibility index (Phi) is 3.88. The fourth-order valence-electron chi connectivity index (χ4n) is 3.27. The highest BCUT2D eigenvalue weighted by Crippen LogP contribution is 2.39. The summed E-state index contributed by atoms with van der Waals surface area (Å²) in [5.74, 6) is 0.0383. The molecule has 1 aromatic heterocycles. The summed E-state index contributed by atoms with van der Waals surface area (Å²) in [6, 6.07) is 9.20. The van der Waals surface area contributed by atoms with Crippen molar-refractivity contribution in [2.24, 2.45) is 5.14 Å². The Morgan fingerprint density at radius 2 is 1.93 bits per heavy atom. The third kappa shape index (κ3) is 3.01. The number of nitrogens with one attached hydrogen (secondary N) is 1. The number of pyridine rings is 1. The predicted octanol–water partition coefficient (Wildman–Crippen LogP) is 1.54. The van der Waals surface area contributed by atoms with Crippen molar-refractivity contribution in [2.75, 3.05) is 16.8 Å². The molecule has 0 bridgehead atoms. The van der Waals surface area contributed by atoms with Crippen LogP contribution in [0.5, 0.6) is 0 Å². The molecule has 0 saturated heterocycles. The number of nitrogens with zero attached hydrogens (tertiary/aromatic N) is 1. The molecule has 4 rings (SSSR count). The van der Waals surface area contributed by atoms with Crippen LogP contribution < -0.4 is 16.2 Å². The zero-order valence-corrected chi connectivity index (χ0v) is 15.6. The molecule has 0 radical (unpaired) electrons. The lowest BCUT2D eigenvalue weighted by molar-refractivity contribution is 0.597. The van der Waals surface area contributed by atoms with Gasteiger partial charge in [-0.3, -0.25) is 4.98 Å². The highest BCUT2D eigenvalue weighted by atomic mass is 32.2. The number of primary sulfonamides is 1. The predicted molar refractivity (Wildman–Crippen MR) is 103 cm³/mol. The van der Waals surface area contributed by atoms with Gasteiger partial charge in [-0.15, -0.1) is 0 Å². The largest absolute Gasteiger partial charge is 0.396 e. The van der Waals surface area contributed by atoms with Gasteiger partial charge in [-0.1, -0.05) is 6.07 Å². The van der Waals surface area contributed by atoms with Gasteiger partial charge in [0.1, 0.15) is 0 Å². The van der Waals surface area contributed by atoms with Crippen molar-refractivity contribution in [1.82, 2.24) is 4.98 Å². The van der Waals surface area contributed by atoms with Crippen LogP contribution >= 0.6 is 0 Å². The van der Waals surface area contributed by atoms with Crippen LogP contribution in [0.25, 0.3) is 10.9 Å². The van der Waals surface area contributed by atoms with E-state index in [4.69, 9.17) is 10.9 Å². The van der Waals surface area contributed by atoms with E-state index in [0.717, 1.165) is 0 Å². The number of hydrogen-bond acceptors (Lipinski definition) is 7. The molecule has 0 aliphatic carbocycles. The third-order valence-corrected chi connectivity index (χ3v) is 7.22. The summed E-state index contributed by atoms with van der Waals surface area (Å²) in [4.78, 5) is 4.53. The topological polar surface area (TPSA) is 145 Å². The molecular weight excluding hydrogens is 388 g/mol. The molecule has 0 fully saturated rings. The first kappa shape index (κ1) is 17.7. The maximum Gasteiger partial charge on any atom is 0.238 e. The van der Waals surface area contributed by atoms with E-state index >= 15 is 0 Å². The molecule has 8 nitrogen and oxygen atoms in total. The first-order valence-corrected chi connectivity index (χ1v) is 11.2. The number of fused-ring (bicyclic) bond motifs is 3. The average molecular weight is 404 g/mol. The van der Waals surface area contributed by atoms with Crippen LogP contribution in [0.15, 0.2) is 52.4 Å². The van der Waals surface area contributed by atoms with Gasteiger partial charge in [0.25, 0.3) is 0 Å². The summed E-state index contributed by atoms with van der Waals surface area (Å²) in [7, 11) is -7.18. The molecule has 2 heterocycles. The minimum atomic E-state index is -3.86. The first-order valence-electron chi connectivity index (χ1n) is 7.99. The van der Waals surface area contributed by atoms with Gasteiger partial charge in [-0.25, -0.2) is 22.0 Å². The van der Waals surface area contributed by atoms with Gasteiger partial charge < -0.3 is 11.1 Å². The standard InChI is InChI=1S/C17H16N4O4S2/c18-13-9-20-14-4-5-15-12(6-7-26(15,22)23)16(14)17(13)21-10-2-1-3-11(8-10)27(19,24)25/h1-5,8-9H,6-7,18H2,(H,20,21)(H2,19,24,25). The van der Waals surface area contributed by atoms with Crippen molar-refractivity contribution in [3.63, 3.8) is 0 Å². The van der Waals surface area contributed by atoms with Gasteiger partial charge in [0.2, 0.25) is 10.0 Å². The monoisotopic (exact) mass is 404 g/mol. The first-order chi connectivity index (χ1) is 12.7. The second kappa shape index (κ2) is 5.91. The van der Waals surface area contributed by atoms with Gasteiger partial charge in [-0.05, 0) is 42.3 Å². The Morgan fingerprint density at radius 3 is 2.67 bits per heavy atom. The summed E-state index contributed by atoms with van der Waals surface area (Å²) in [5, 5.41) is 8.91. The minimum absolute atomic E-state index is 0.0383. The molecule has 0 unspecified atom stereocenters. The van der Waals surface area contributed by atoms with Gasteiger partial charge in [0.15, 0.2) is 9.84 Å². The van der Waals surface area contributed by atoms with Crippen molar-refractivity contribution in [3.8, 4) is 0 Å². The van der Waals surface area contributed by atoms with Gasteiger partial charge in [-0.2, -0.15) is 0 Å². The third-order valence-electron chi connectivity index (χ3n) is 4.52. The van der Waals surface area contributed by atoms with Crippen molar-refractivity contribution in [2.45, 2.75) is 16.2 Å².